The van der Waals surface area contributed by atoms with Crippen LogP contribution in [0.4, 0.5) is 0 Å². The third-order valence-corrected chi connectivity index (χ3v) is 6.49. The Morgan fingerprint density at radius 2 is 1.63 bits per heavy atom. The van der Waals surface area contributed by atoms with Crippen molar-refractivity contribution < 1.29 is 13.5 Å². The maximum atomic E-state index is 12.7. The van der Waals surface area contributed by atoms with Crippen LogP contribution in [0.15, 0.2) is 70.6 Å². The highest BCUT2D eigenvalue weighted by Gasteiger charge is 2.21. The Morgan fingerprint density at radius 1 is 1.03 bits per heavy atom. The van der Waals surface area contributed by atoms with Gasteiger partial charge in [-0.15, -0.1) is 24.0 Å². The van der Waals surface area contributed by atoms with Crippen molar-refractivity contribution in [1.82, 2.24) is 10.6 Å². The van der Waals surface area contributed by atoms with Gasteiger partial charge in [-0.1, -0.05) is 55.5 Å². The number of hydrogen-bond acceptors (Lipinski definition) is 4. The molecule has 2 unspecified atom stereocenters. The SMILES string of the molecule is CCNC(=NCC(CO)c1ccccc1)NC(CC)CS(=O)(=O)c1ccccc1.I. The van der Waals surface area contributed by atoms with E-state index in [4.69, 9.17) is 0 Å². The lowest BCUT2D eigenvalue weighted by Crippen LogP contribution is -2.46. The molecule has 2 aromatic rings. The molecule has 0 bridgehead atoms. The predicted octanol–water partition coefficient (Wildman–Crippen LogP) is 3.19. The van der Waals surface area contributed by atoms with Crippen LogP contribution in [0, 0.1) is 0 Å². The predicted molar refractivity (Wildman–Crippen MR) is 133 cm³/mol. The first-order valence-corrected chi connectivity index (χ1v) is 11.6. The van der Waals surface area contributed by atoms with Crippen LogP contribution < -0.4 is 10.6 Å². The number of nitrogens with zero attached hydrogens (tertiary/aromatic N) is 1. The summed E-state index contributed by atoms with van der Waals surface area (Å²) in [5.74, 6) is 0.428. The minimum absolute atomic E-state index is 0. The first-order chi connectivity index (χ1) is 14.0. The quantitative estimate of drug-likeness (QED) is 0.243. The third kappa shape index (κ3) is 8.23. The molecular weight excluding hydrogens is 513 g/mol. The topological polar surface area (TPSA) is 90.8 Å². The molecule has 2 aromatic carbocycles. The number of benzene rings is 2. The van der Waals surface area contributed by atoms with Crippen LogP contribution in [-0.4, -0.2) is 51.0 Å². The van der Waals surface area contributed by atoms with Gasteiger partial charge in [-0.25, -0.2) is 8.42 Å². The number of nitrogens with one attached hydrogen (secondary N) is 2. The summed E-state index contributed by atoms with van der Waals surface area (Å²) in [7, 11) is -3.40. The fraction of sp³-hybridized carbons (Fsp3) is 0.409. The summed E-state index contributed by atoms with van der Waals surface area (Å²) in [6.07, 6.45) is 0.637. The molecule has 2 rings (SSSR count). The zero-order valence-corrected chi connectivity index (χ0v) is 20.6. The van der Waals surface area contributed by atoms with Gasteiger partial charge in [-0.2, -0.15) is 0 Å². The molecule has 6 nitrogen and oxygen atoms in total. The Labute approximate surface area is 197 Å². The summed E-state index contributed by atoms with van der Waals surface area (Å²) < 4.78 is 25.4. The van der Waals surface area contributed by atoms with Crippen LogP contribution in [0.1, 0.15) is 31.7 Å². The summed E-state index contributed by atoms with van der Waals surface area (Å²) in [5.41, 5.74) is 1.02. The highest BCUT2D eigenvalue weighted by atomic mass is 127. The molecule has 166 valence electrons. The van der Waals surface area contributed by atoms with E-state index in [0.29, 0.717) is 30.4 Å². The summed E-state index contributed by atoms with van der Waals surface area (Å²) in [5, 5.41) is 16.1. The van der Waals surface area contributed by atoms with Crippen LogP contribution >= 0.6 is 24.0 Å². The Balaban J connectivity index is 0.00000450. The molecule has 0 aliphatic carbocycles. The number of halogens is 1. The first-order valence-electron chi connectivity index (χ1n) is 9.98. The molecular formula is C22H32IN3O3S. The number of hydrogen-bond donors (Lipinski definition) is 3. The van der Waals surface area contributed by atoms with E-state index in [9.17, 15) is 13.5 Å². The molecule has 0 radical (unpaired) electrons. The maximum Gasteiger partial charge on any atom is 0.191 e. The third-order valence-electron chi connectivity index (χ3n) is 4.66. The molecule has 2 atom stereocenters. The standard InChI is InChI=1S/C22H31N3O3S.HI/c1-3-20(17-29(27,28)21-13-9-6-10-14-21)25-22(23-4-2)24-15-19(16-26)18-11-7-5-8-12-18;/h5-14,19-20,26H,3-4,15-17H2,1-2H3,(H2,23,24,25);1H. The first kappa shape index (κ1) is 26.4. The molecule has 0 spiro atoms. The van der Waals surface area contributed by atoms with Gasteiger partial charge in [0.1, 0.15) is 0 Å². The monoisotopic (exact) mass is 545 g/mol. The molecule has 0 saturated heterocycles. The zero-order chi connectivity index (χ0) is 21.1. The van der Waals surface area contributed by atoms with Crippen LogP contribution in [0.3, 0.4) is 0 Å². The van der Waals surface area contributed by atoms with Gasteiger partial charge >= 0.3 is 0 Å². The van der Waals surface area contributed by atoms with Gasteiger partial charge in [0.2, 0.25) is 0 Å². The highest BCUT2D eigenvalue weighted by Crippen LogP contribution is 2.15. The van der Waals surface area contributed by atoms with Crippen molar-refractivity contribution in [2.24, 2.45) is 4.99 Å². The molecule has 30 heavy (non-hydrogen) atoms. The van der Waals surface area contributed by atoms with Gasteiger partial charge in [0.15, 0.2) is 15.8 Å². The Bertz CT molecular complexity index is 862. The van der Waals surface area contributed by atoms with Crippen molar-refractivity contribution in [3.8, 4) is 0 Å². The van der Waals surface area contributed by atoms with E-state index in [1.54, 1.807) is 30.3 Å². The zero-order valence-electron chi connectivity index (χ0n) is 17.5. The lowest BCUT2D eigenvalue weighted by atomic mass is 10.0. The normalized spacial score (nSPS) is 13.8. The molecule has 8 heteroatoms. The number of guanidine groups is 1. The Hall–Kier alpha value is -1.65. The van der Waals surface area contributed by atoms with Crippen LogP contribution in [0.25, 0.3) is 0 Å². The average molecular weight is 545 g/mol. The second-order valence-electron chi connectivity index (χ2n) is 6.85. The molecule has 0 aromatic heterocycles. The fourth-order valence-corrected chi connectivity index (χ4v) is 4.57. The second-order valence-corrected chi connectivity index (χ2v) is 8.89. The smallest absolute Gasteiger partial charge is 0.191 e. The summed E-state index contributed by atoms with van der Waals surface area (Å²) in [6, 6.07) is 18.0. The van der Waals surface area contributed by atoms with Gasteiger partial charge < -0.3 is 15.7 Å². The van der Waals surface area contributed by atoms with Crippen LogP contribution in [0.5, 0.6) is 0 Å². The van der Waals surface area contributed by atoms with Gasteiger partial charge in [0.25, 0.3) is 0 Å². The van der Waals surface area contributed by atoms with Crippen molar-refractivity contribution in [1.29, 1.82) is 0 Å². The number of sulfone groups is 1. The van der Waals surface area contributed by atoms with Gasteiger partial charge in [0, 0.05) is 18.5 Å². The lowest BCUT2D eigenvalue weighted by Gasteiger charge is -2.21. The van der Waals surface area contributed by atoms with E-state index in [-0.39, 0.29) is 48.3 Å². The summed E-state index contributed by atoms with van der Waals surface area (Å²) in [4.78, 5) is 4.92. The average Bonchev–Trinajstić information content (AvgIpc) is 2.75. The van der Waals surface area contributed by atoms with Gasteiger partial charge in [0.05, 0.1) is 23.8 Å². The highest BCUT2D eigenvalue weighted by molar-refractivity contribution is 14.0. The Morgan fingerprint density at radius 3 is 2.17 bits per heavy atom. The van der Waals surface area contributed by atoms with E-state index in [0.717, 1.165) is 5.56 Å². The molecule has 0 saturated carbocycles. The number of aliphatic hydroxyl groups is 1. The van der Waals surface area contributed by atoms with Gasteiger partial charge in [-0.3, -0.25) is 4.99 Å². The molecule has 3 N–H and O–H groups in total. The van der Waals surface area contributed by atoms with E-state index in [1.807, 2.05) is 44.2 Å². The van der Waals surface area contributed by atoms with Crippen molar-refractivity contribution in [2.45, 2.75) is 37.1 Å². The molecule has 0 aliphatic heterocycles. The second kappa shape index (κ2) is 13.6. The van der Waals surface area contributed by atoms with E-state index in [2.05, 4.69) is 15.6 Å². The molecule has 0 fully saturated rings. The Kier molecular flexibility index (Phi) is 12.0. The summed E-state index contributed by atoms with van der Waals surface area (Å²) in [6.45, 7) is 4.95. The van der Waals surface area contributed by atoms with E-state index >= 15 is 0 Å². The van der Waals surface area contributed by atoms with Crippen molar-refractivity contribution in [2.75, 3.05) is 25.4 Å². The van der Waals surface area contributed by atoms with Crippen molar-refractivity contribution in [3.05, 3.63) is 66.2 Å². The fourth-order valence-electron chi connectivity index (χ4n) is 2.96. The number of aliphatic imine (C=N–C) groups is 1. The van der Waals surface area contributed by atoms with E-state index in [1.165, 1.54) is 0 Å². The van der Waals surface area contributed by atoms with E-state index < -0.39 is 9.84 Å². The minimum atomic E-state index is -3.40. The number of aliphatic hydroxyl groups excluding tert-OH is 1. The maximum absolute atomic E-state index is 12.7. The van der Waals surface area contributed by atoms with Crippen molar-refractivity contribution in [3.63, 3.8) is 0 Å². The molecule has 0 heterocycles. The van der Waals surface area contributed by atoms with Gasteiger partial charge in [-0.05, 0) is 31.0 Å². The van der Waals surface area contributed by atoms with Crippen LogP contribution in [-0.2, 0) is 9.84 Å². The van der Waals surface area contributed by atoms with Crippen molar-refractivity contribution >= 4 is 39.8 Å². The molecule has 0 aliphatic rings. The molecule has 0 amide bonds. The summed E-state index contributed by atoms with van der Waals surface area (Å²) >= 11 is 0. The lowest BCUT2D eigenvalue weighted by molar-refractivity contribution is 0.268. The number of rotatable bonds is 10. The minimum Gasteiger partial charge on any atom is -0.396 e. The largest absolute Gasteiger partial charge is 0.396 e. The van der Waals surface area contributed by atoms with Crippen LogP contribution in [0.2, 0.25) is 0 Å².